The van der Waals surface area contributed by atoms with Gasteiger partial charge in [-0.15, -0.1) is 0 Å². The number of carbonyl (C=O) groups is 1. The van der Waals surface area contributed by atoms with Crippen LogP contribution < -0.4 is 0 Å². The number of nitrogens with zero attached hydrogens (tertiary/aromatic N) is 2. The molecule has 2 fully saturated rings. The summed E-state index contributed by atoms with van der Waals surface area (Å²) < 4.78 is 0. The minimum atomic E-state index is -0.753. The summed E-state index contributed by atoms with van der Waals surface area (Å²) in [7, 11) is 0. The molecule has 2 N–H and O–H groups in total. The van der Waals surface area contributed by atoms with E-state index in [4.69, 9.17) is 5.11 Å². The standard InChI is InChI=1S/C14H26N2O3/c1-11-4-7-15(8-5-11)9-12(17)10-16-6-2-3-13(16)14(18)19/h11-13,17H,2-10H2,1H3,(H,18,19)/t12-,13-/m1/s1. The zero-order chi connectivity index (χ0) is 13.8. The van der Waals surface area contributed by atoms with Gasteiger partial charge < -0.3 is 15.1 Å². The van der Waals surface area contributed by atoms with Gasteiger partial charge >= 0.3 is 5.97 Å². The zero-order valence-electron chi connectivity index (χ0n) is 11.8. The molecule has 5 heteroatoms. The van der Waals surface area contributed by atoms with Crippen LogP contribution in [0.15, 0.2) is 0 Å². The van der Waals surface area contributed by atoms with Crippen LogP contribution in [0.5, 0.6) is 0 Å². The van der Waals surface area contributed by atoms with Gasteiger partial charge in [-0.3, -0.25) is 9.69 Å². The quantitative estimate of drug-likeness (QED) is 0.767. The van der Waals surface area contributed by atoms with E-state index in [1.54, 1.807) is 0 Å². The van der Waals surface area contributed by atoms with Gasteiger partial charge in [0.15, 0.2) is 0 Å². The lowest BCUT2D eigenvalue weighted by atomic mass is 9.99. The zero-order valence-corrected chi connectivity index (χ0v) is 11.8. The fraction of sp³-hybridized carbons (Fsp3) is 0.929. The first-order valence-corrected chi connectivity index (χ1v) is 7.43. The number of aliphatic hydroxyl groups is 1. The van der Waals surface area contributed by atoms with Crippen LogP contribution in [0.3, 0.4) is 0 Å². The molecule has 5 nitrogen and oxygen atoms in total. The summed E-state index contributed by atoms with van der Waals surface area (Å²) in [5.41, 5.74) is 0. The lowest BCUT2D eigenvalue weighted by molar-refractivity contribution is -0.142. The molecule has 0 spiro atoms. The highest BCUT2D eigenvalue weighted by Gasteiger charge is 2.32. The normalized spacial score (nSPS) is 28.6. The number of rotatable bonds is 5. The van der Waals surface area contributed by atoms with Crippen molar-refractivity contribution in [3.63, 3.8) is 0 Å². The molecule has 0 radical (unpaired) electrons. The summed E-state index contributed by atoms with van der Waals surface area (Å²) in [5, 5.41) is 19.3. The Balaban J connectivity index is 1.74. The number of likely N-dealkylation sites (tertiary alicyclic amines) is 2. The van der Waals surface area contributed by atoms with E-state index in [-0.39, 0.29) is 0 Å². The molecule has 2 aliphatic heterocycles. The highest BCUT2D eigenvalue weighted by molar-refractivity contribution is 5.73. The molecule has 0 bridgehead atoms. The molecule has 0 aromatic carbocycles. The summed E-state index contributed by atoms with van der Waals surface area (Å²) in [6.45, 7) is 6.35. The van der Waals surface area contributed by atoms with Crippen LogP contribution in [0.2, 0.25) is 0 Å². The van der Waals surface area contributed by atoms with Crippen molar-refractivity contribution in [3.05, 3.63) is 0 Å². The minimum Gasteiger partial charge on any atom is -0.480 e. The molecule has 2 rings (SSSR count). The Morgan fingerprint density at radius 2 is 1.89 bits per heavy atom. The van der Waals surface area contributed by atoms with Gasteiger partial charge in [-0.05, 0) is 51.2 Å². The van der Waals surface area contributed by atoms with Crippen LogP contribution in [-0.2, 0) is 4.79 Å². The summed E-state index contributed by atoms with van der Waals surface area (Å²) in [6, 6.07) is -0.393. The van der Waals surface area contributed by atoms with Gasteiger partial charge in [0.2, 0.25) is 0 Å². The van der Waals surface area contributed by atoms with Crippen molar-refractivity contribution in [2.24, 2.45) is 5.92 Å². The van der Waals surface area contributed by atoms with E-state index in [0.717, 1.165) is 32.0 Å². The monoisotopic (exact) mass is 270 g/mol. The van der Waals surface area contributed by atoms with Gasteiger partial charge in [0.25, 0.3) is 0 Å². The second-order valence-electron chi connectivity index (χ2n) is 6.13. The average Bonchev–Trinajstić information content (AvgIpc) is 2.80. The van der Waals surface area contributed by atoms with E-state index in [0.29, 0.717) is 19.5 Å². The maximum Gasteiger partial charge on any atom is 0.320 e. The largest absolute Gasteiger partial charge is 0.480 e. The predicted octanol–water partition coefficient (Wildman–Crippen LogP) is 0.628. The fourth-order valence-corrected chi connectivity index (χ4v) is 3.20. The van der Waals surface area contributed by atoms with E-state index in [2.05, 4.69) is 11.8 Å². The van der Waals surface area contributed by atoms with E-state index in [1.807, 2.05) is 4.90 Å². The van der Waals surface area contributed by atoms with Crippen molar-refractivity contribution in [1.29, 1.82) is 0 Å². The molecule has 0 saturated carbocycles. The van der Waals surface area contributed by atoms with Crippen molar-refractivity contribution >= 4 is 5.97 Å². The maximum atomic E-state index is 11.1. The molecule has 19 heavy (non-hydrogen) atoms. The van der Waals surface area contributed by atoms with Gasteiger partial charge in [-0.2, -0.15) is 0 Å². The third kappa shape index (κ3) is 4.16. The van der Waals surface area contributed by atoms with Crippen molar-refractivity contribution in [2.45, 2.75) is 44.8 Å². The summed E-state index contributed by atoms with van der Waals surface area (Å²) in [6.07, 6.45) is 3.60. The summed E-state index contributed by atoms with van der Waals surface area (Å²) >= 11 is 0. The number of piperidine rings is 1. The Bertz CT molecular complexity index is 303. The Hall–Kier alpha value is -0.650. The molecule has 0 amide bonds. The van der Waals surface area contributed by atoms with Gasteiger partial charge in [0, 0.05) is 13.1 Å². The van der Waals surface area contributed by atoms with Gasteiger partial charge in [0.1, 0.15) is 6.04 Å². The molecule has 2 saturated heterocycles. The number of hydrogen-bond acceptors (Lipinski definition) is 4. The topological polar surface area (TPSA) is 64.0 Å². The smallest absolute Gasteiger partial charge is 0.320 e. The van der Waals surface area contributed by atoms with E-state index in [1.165, 1.54) is 12.8 Å². The molecule has 0 unspecified atom stereocenters. The molecular formula is C14H26N2O3. The minimum absolute atomic E-state index is 0.393. The number of aliphatic carboxylic acids is 1. The number of carboxylic acid groups (broad SMARTS) is 1. The van der Waals surface area contributed by atoms with E-state index in [9.17, 15) is 9.90 Å². The Labute approximate surface area is 115 Å². The van der Waals surface area contributed by atoms with Crippen molar-refractivity contribution in [2.75, 3.05) is 32.7 Å². The highest BCUT2D eigenvalue weighted by Crippen LogP contribution is 2.19. The number of hydrogen-bond donors (Lipinski definition) is 2. The van der Waals surface area contributed by atoms with E-state index >= 15 is 0 Å². The first-order chi connectivity index (χ1) is 9.06. The van der Waals surface area contributed by atoms with Gasteiger partial charge in [0.05, 0.1) is 6.10 Å². The van der Waals surface area contributed by atoms with Gasteiger partial charge in [-0.25, -0.2) is 0 Å². The predicted molar refractivity (Wildman–Crippen MR) is 73.1 cm³/mol. The lowest BCUT2D eigenvalue weighted by Gasteiger charge is -2.33. The Morgan fingerprint density at radius 3 is 2.53 bits per heavy atom. The van der Waals surface area contributed by atoms with Crippen LogP contribution in [-0.4, -0.2) is 70.9 Å². The van der Waals surface area contributed by atoms with Crippen LogP contribution in [0, 0.1) is 5.92 Å². The van der Waals surface area contributed by atoms with Crippen LogP contribution in [0.1, 0.15) is 32.6 Å². The van der Waals surface area contributed by atoms with Crippen molar-refractivity contribution in [3.8, 4) is 0 Å². The summed E-state index contributed by atoms with van der Waals surface area (Å²) in [5.74, 6) is 0.0415. The fourth-order valence-electron chi connectivity index (χ4n) is 3.20. The molecule has 2 heterocycles. The van der Waals surface area contributed by atoms with Crippen LogP contribution in [0.4, 0.5) is 0 Å². The van der Waals surface area contributed by atoms with Gasteiger partial charge in [-0.1, -0.05) is 6.92 Å². The molecule has 2 atom stereocenters. The highest BCUT2D eigenvalue weighted by atomic mass is 16.4. The second-order valence-corrected chi connectivity index (χ2v) is 6.13. The Morgan fingerprint density at radius 1 is 1.21 bits per heavy atom. The second kappa shape index (κ2) is 6.68. The molecule has 110 valence electrons. The van der Waals surface area contributed by atoms with Crippen molar-refractivity contribution < 1.29 is 15.0 Å². The SMILES string of the molecule is CC1CCN(C[C@@H](O)CN2CCC[C@@H]2C(=O)O)CC1. The first kappa shape index (κ1) is 14.8. The lowest BCUT2D eigenvalue weighted by Crippen LogP contribution is -2.45. The number of β-amino-alcohol motifs (C(OH)–C–C–N with tert-alkyl or cyclic N) is 1. The van der Waals surface area contributed by atoms with Crippen LogP contribution >= 0.6 is 0 Å². The number of carboxylic acids is 1. The summed E-state index contributed by atoms with van der Waals surface area (Å²) in [4.78, 5) is 15.3. The van der Waals surface area contributed by atoms with E-state index < -0.39 is 18.1 Å². The average molecular weight is 270 g/mol. The third-order valence-corrected chi connectivity index (χ3v) is 4.44. The molecule has 0 aromatic heterocycles. The first-order valence-electron chi connectivity index (χ1n) is 7.43. The molecule has 0 aromatic rings. The molecular weight excluding hydrogens is 244 g/mol. The molecule has 2 aliphatic rings. The maximum absolute atomic E-state index is 11.1. The molecule has 0 aliphatic carbocycles. The van der Waals surface area contributed by atoms with Crippen LogP contribution in [0.25, 0.3) is 0 Å². The van der Waals surface area contributed by atoms with Crippen molar-refractivity contribution in [1.82, 2.24) is 9.80 Å². The Kier molecular flexibility index (Phi) is 5.19. The third-order valence-electron chi connectivity index (χ3n) is 4.44. The number of aliphatic hydroxyl groups excluding tert-OH is 1.